The first-order chi connectivity index (χ1) is 8.70. The fourth-order valence-corrected chi connectivity index (χ4v) is 2.46. The molecule has 3 nitrogen and oxygen atoms in total. The second kappa shape index (κ2) is 6.34. The Balaban J connectivity index is 1.97. The van der Waals surface area contributed by atoms with Crippen molar-refractivity contribution in [2.24, 2.45) is 5.92 Å². The molecule has 1 aromatic rings. The highest BCUT2D eigenvalue weighted by Crippen LogP contribution is 2.28. The molecular weight excluding hydrogens is 296 g/mol. The van der Waals surface area contributed by atoms with Gasteiger partial charge in [0.1, 0.15) is 5.75 Å². The topological polar surface area (TPSA) is 35.5 Å². The van der Waals surface area contributed by atoms with E-state index in [1.165, 1.54) is 0 Å². The van der Waals surface area contributed by atoms with E-state index in [1.807, 2.05) is 18.2 Å². The van der Waals surface area contributed by atoms with Gasteiger partial charge < -0.3 is 9.47 Å². The number of rotatable bonds is 3. The fraction of sp³-hybridized carbons (Fsp3) is 0.500. The summed E-state index contributed by atoms with van der Waals surface area (Å²) in [6.45, 7) is 2.72. The molecule has 2 atom stereocenters. The number of hydrogen-bond donors (Lipinski definition) is 0. The van der Waals surface area contributed by atoms with E-state index in [1.54, 1.807) is 6.07 Å². The van der Waals surface area contributed by atoms with E-state index in [0.29, 0.717) is 12.4 Å². The molecule has 1 fully saturated rings. The van der Waals surface area contributed by atoms with Gasteiger partial charge in [0.2, 0.25) is 0 Å². The minimum absolute atomic E-state index is 0.0455. The summed E-state index contributed by atoms with van der Waals surface area (Å²) in [5, 5.41) is 0. The van der Waals surface area contributed by atoms with Crippen LogP contribution in [0.1, 0.15) is 26.2 Å². The summed E-state index contributed by atoms with van der Waals surface area (Å²) in [5.41, 5.74) is 0. The van der Waals surface area contributed by atoms with Crippen molar-refractivity contribution in [1.29, 1.82) is 0 Å². The van der Waals surface area contributed by atoms with E-state index in [2.05, 4.69) is 22.9 Å². The number of halogens is 1. The third-order valence-corrected chi connectivity index (χ3v) is 3.86. The largest absolute Gasteiger partial charge is 0.425 e. The lowest BCUT2D eigenvalue weighted by Crippen LogP contribution is -2.32. The summed E-state index contributed by atoms with van der Waals surface area (Å²) in [6, 6.07) is 7.40. The van der Waals surface area contributed by atoms with Gasteiger partial charge in [-0.05, 0) is 47.3 Å². The van der Waals surface area contributed by atoms with Crippen molar-refractivity contribution >= 4 is 21.9 Å². The average Bonchev–Trinajstić information content (AvgIpc) is 2.41. The van der Waals surface area contributed by atoms with E-state index < -0.39 is 0 Å². The molecular formula is C14H17BrO3. The van der Waals surface area contributed by atoms with Gasteiger partial charge in [-0.2, -0.15) is 0 Å². The van der Waals surface area contributed by atoms with Gasteiger partial charge >= 0.3 is 5.97 Å². The molecule has 98 valence electrons. The van der Waals surface area contributed by atoms with Crippen LogP contribution in [-0.4, -0.2) is 18.7 Å². The minimum Gasteiger partial charge on any atom is -0.425 e. The Bertz CT molecular complexity index is 419. The maximum absolute atomic E-state index is 12.1. The normalized spacial score (nSPS) is 23.7. The van der Waals surface area contributed by atoms with Crippen molar-refractivity contribution in [3.8, 4) is 5.75 Å². The zero-order valence-corrected chi connectivity index (χ0v) is 12.0. The van der Waals surface area contributed by atoms with Crippen molar-refractivity contribution in [3.63, 3.8) is 0 Å². The number of benzene rings is 1. The number of carbonyl (C=O) groups excluding carboxylic acids is 1. The standard InChI is InChI=1S/C14H17BrO3/c1-2-11-9-10(7-8-17-11)14(16)18-13-6-4-3-5-12(13)15/h3-6,10-11H,2,7-9H2,1H3. The van der Waals surface area contributed by atoms with E-state index in [4.69, 9.17) is 9.47 Å². The first-order valence-electron chi connectivity index (χ1n) is 6.28. The molecule has 1 heterocycles. The van der Waals surface area contributed by atoms with Crippen LogP contribution in [0.2, 0.25) is 0 Å². The second-order valence-corrected chi connectivity index (χ2v) is 5.33. The molecule has 0 spiro atoms. The van der Waals surface area contributed by atoms with Crippen molar-refractivity contribution in [1.82, 2.24) is 0 Å². The number of hydrogen-bond acceptors (Lipinski definition) is 3. The van der Waals surface area contributed by atoms with E-state index >= 15 is 0 Å². The quantitative estimate of drug-likeness (QED) is 0.632. The molecule has 0 radical (unpaired) electrons. The zero-order chi connectivity index (χ0) is 13.0. The molecule has 18 heavy (non-hydrogen) atoms. The summed E-state index contributed by atoms with van der Waals surface area (Å²) in [5.74, 6) is 0.390. The van der Waals surface area contributed by atoms with Crippen LogP contribution in [0.3, 0.4) is 0 Å². The van der Waals surface area contributed by atoms with Gasteiger partial charge in [0, 0.05) is 6.61 Å². The van der Waals surface area contributed by atoms with Crippen molar-refractivity contribution in [2.45, 2.75) is 32.3 Å². The third kappa shape index (κ3) is 3.33. The molecule has 0 aliphatic carbocycles. The lowest BCUT2D eigenvalue weighted by atomic mass is 9.94. The lowest BCUT2D eigenvalue weighted by molar-refractivity contribution is -0.144. The molecule has 0 saturated carbocycles. The number of para-hydroxylation sites is 1. The minimum atomic E-state index is -0.149. The number of ether oxygens (including phenoxy) is 2. The van der Waals surface area contributed by atoms with Gasteiger partial charge in [-0.1, -0.05) is 19.1 Å². The molecule has 4 heteroatoms. The van der Waals surface area contributed by atoms with Crippen LogP contribution >= 0.6 is 15.9 Å². The Kier molecular flexibility index (Phi) is 4.78. The van der Waals surface area contributed by atoms with Crippen molar-refractivity contribution in [2.75, 3.05) is 6.61 Å². The first-order valence-corrected chi connectivity index (χ1v) is 7.07. The predicted molar refractivity (Wildman–Crippen MR) is 72.5 cm³/mol. The summed E-state index contributed by atoms with van der Waals surface area (Å²) >= 11 is 3.37. The summed E-state index contributed by atoms with van der Waals surface area (Å²) in [4.78, 5) is 12.1. The summed E-state index contributed by atoms with van der Waals surface area (Å²) in [6.07, 6.45) is 2.65. The van der Waals surface area contributed by atoms with Gasteiger partial charge in [-0.3, -0.25) is 4.79 Å². The molecule has 1 aliphatic rings. The average molecular weight is 313 g/mol. The zero-order valence-electron chi connectivity index (χ0n) is 10.4. The molecule has 0 aromatic heterocycles. The molecule has 0 bridgehead atoms. The molecule has 1 saturated heterocycles. The Morgan fingerprint density at radius 3 is 3.00 bits per heavy atom. The van der Waals surface area contributed by atoms with Crippen LogP contribution in [0.5, 0.6) is 5.75 Å². The molecule has 1 aromatic carbocycles. The highest BCUT2D eigenvalue weighted by molar-refractivity contribution is 9.10. The van der Waals surface area contributed by atoms with Gasteiger partial charge in [0.15, 0.2) is 0 Å². The second-order valence-electron chi connectivity index (χ2n) is 4.47. The maximum atomic E-state index is 12.1. The highest BCUT2D eigenvalue weighted by atomic mass is 79.9. The van der Waals surface area contributed by atoms with Gasteiger partial charge in [0.05, 0.1) is 16.5 Å². The Morgan fingerprint density at radius 1 is 1.50 bits per heavy atom. The molecule has 0 N–H and O–H groups in total. The predicted octanol–water partition coefficient (Wildman–Crippen LogP) is 3.56. The van der Waals surface area contributed by atoms with Crippen LogP contribution < -0.4 is 4.74 Å². The Labute approximate surface area is 116 Å². The Hall–Kier alpha value is -0.870. The monoisotopic (exact) mass is 312 g/mol. The molecule has 2 unspecified atom stereocenters. The summed E-state index contributed by atoms with van der Waals surface area (Å²) < 4.78 is 11.8. The lowest BCUT2D eigenvalue weighted by Gasteiger charge is -2.27. The van der Waals surface area contributed by atoms with Crippen molar-refractivity contribution in [3.05, 3.63) is 28.7 Å². The van der Waals surface area contributed by atoms with Crippen LogP contribution in [0.15, 0.2) is 28.7 Å². The highest BCUT2D eigenvalue weighted by Gasteiger charge is 2.28. The van der Waals surface area contributed by atoms with E-state index in [-0.39, 0.29) is 18.0 Å². The maximum Gasteiger partial charge on any atom is 0.314 e. The number of carbonyl (C=O) groups is 1. The van der Waals surface area contributed by atoms with Crippen molar-refractivity contribution < 1.29 is 14.3 Å². The fourth-order valence-electron chi connectivity index (χ4n) is 2.10. The van der Waals surface area contributed by atoms with Crippen LogP contribution in [-0.2, 0) is 9.53 Å². The third-order valence-electron chi connectivity index (χ3n) is 3.20. The SMILES string of the molecule is CCC1CC(C(=O)Oc2ccccc2Br)CCO1. The smallest absolute Gasteiger partial charge is 0.314 e. The van der Waals surface area contributed by atoms with Crippen LogP contribution in [0, 0.1) is 5.92 Å². The van der Waals surface area contributed by atoms with Gasteiger partial charge in [-0.15, -0.1) is 0 Å². The molecule has 0 amide bonds. The van der Waals surface area contributed by atoms with Gasteiger partial charge in [0.25, 0.3) is 0 Å². The van der Waals surface area contributed by atoms with E-state index in [0.717, 1.165) is 23.7 Å². The van der Waals surface area contributed by atoms with Crippen LogP contribution in [0.25, 0.3) is 0 Å². The number of esters is 1. The van der Waals surface area contributed by atoms with E-state index in [9.17, 15) is 4.79 Å². The molecule has 1 aliphatic heterocycles. The summed E-state index contributed by atoms with van der Waals surface area (Å²) in [7, 11) is 0. The Morgan fingerprint density at radius 2 is 2.28 bits per heavy atom. The first kappa shape index (κ1) is 13.6. The van der Waals surface area contributed by atoms with Gasteiger partial charge in [-0.25, -0.2) is 0 Å². The molecule has 2 rings (SSSR count). The van der Waals surface area contributed by atoms with Crippen LogP contribution in [0.4, 0.5) is 0 Å².